The maximum atomic E-state index is 12.9. The molecule has 7 heteroatoms. The molecule has 2 bridgehead atoms. The molecule has 1 aromatic heterocycles. The van der Waals surface area contributed by atoms with E-state index >= 15 is 0 Å². The number of epoxide rings is 1. The first kappa shape index (κ1) is 13.7. The molecule has 4 aliphatic rings. The highest BCUT2D eigenvalue weighted by Gasteiger charge is 2.62. The first-order valence-electron chi connectivity index (χ1n) is 7.55. The Bertz CT molecular complexity index is 656. The number of fused-ring (bicyclic) bond motifs is 2. The summed E-state index contributed by atoms with van der Waals surface area (Å²) in [6.07, 6.45) is 7.05. The number of aromatic nitrogens is 2. The second-order valence-electron chi connectivity index (χ2n) is 6.66. The summed E-state index contributed by atoms with van der Waals surface area (Å²) < 4.78 is 34.7. The minimum atomic E-state index is -3.27. The lowest BCUT2D eigenvalue weighted by atomic mass is 9.70. The SMILES string of the molecule is CN(Cc1cnn(C)c1)S(=O)(=O)[C@@H]1C[C@H]2CC[C@@H]1[C@@H]1O[C@H]21. The highest BCUT2D eigenvalue weighted by atomic mass is 32.2. The summed E-state index contributed by atoms with van der Waals surface area (Å²) in [6.45, 7) is 0.388. The van der Waals surface area contributed by atoms with E-state index in [9.17, 15) is 8.42 Å². The number of nitrogens with zero attached hydrogens (tertiary/aromatic N) is 3. The third-order valence-corrected chi connectivity index (χ3v) is 7.62. The van der Waals surface area contributed by atoms with Crippen LogP contribution >= 0.6 is 0 Å². The summed E-state index contributed by atoms with van der Waals surface area (Å²) in [5.74, 6) is 0.646. The Morgan fingerprint density at radius 1 is 1.43 bits per heavy atom. The number of hydrogen-bond acceptors (Lipinski definition) is 4. The zero-order chi connectivity index (χ0) is 14.8. The maximum Gasteiger partial charge on any atom is 0.217 e. The van der Waals surface area contributed by atoms with Crippen molar-refractivity contribution in [2.75, 3.05) is 7.05 Å². The van der Waals surface area contributed by atoms with Gasteiger partial charge < -0.3 is 4.74 Å². The molecule has 4 fully saturated rings. The fourth-order valence-electron chi connectivity index (χ4n) is 4.19. The molecule has 3 saturated carbocycles. The molecule has 2 heterocycles. The van der Waals surface area contributed by atoms with E-state index in [2.05, 4.69) is 5.10 Å². The van der Waals surface area contributed by atoms with Crippen molar-refractivity contribution in [3.63, 3.8) is 0 Å². The van der Waals surface area contributed by atoms with Crippen LogP contribution in [0.4, 0.5) is 0 Å². The Balaban J connectivity index is 1.53. The topological polar surface area (TPSA) is 67.7 Å². The Morgan fingerprint density at radius 2 is 2.24 bits per heavy atom. The lowest BCUT2D eigenvalue weighted by molar-refractivity contribution is 0.216. The third-order valence-electron chi connectivity index (χ3n) is 5.31. The van der Waals surface area contributed by atoms with Gasteiger partial charge in [0.1, 0.15) is 0 Å². The predicted molar refractivity (Wildman–Crippen MR) is 76.9 cm³/mol. The van der Waals surface area contributed by atoms with Gasteiger partial charge in [0.05, 0.1) is 23.7 Å². The van der Waals surface area contributed by atoms with Crippen LogP contribution in [0.15, 0.2) is 12.4 Å². The molecule has 0 unspecified atom stereocenters. The molecule has 5 rings (SSSR count). The molecular formula is C14H21N3O3S. The van der Waals surface area contributed by atoms with Gasteiger partial charge in [0.25, 0.3) is 0 Å². The van der Waals surface area contributed by atoms with Crippen LogP contribution in [0, 0.1) is 11.8 Å². The first-order chi connectivity index (χ1) is 9.96. The van der Waals surface area contributed by atoms with Crippen LogP contribution in [-0.4, -0.2) is 47.0 Å². The average Bonchev–Trinajstić information content (AvgIpc) is 3.19. The fraction of sp³-hybridized carbons (Fsp3) is 0.786. The number of aryl methyl sites for hydroxylation is 1. The van der Waals surface area contributed by atoms with Gasteiger partial charge in [-0.15, -0.1) is 0 Å². The summed E-state index contributed by atoms with van der Waals surface area (Å²) in [6, 6.07) is 0. The van der Waals surface area contributed by atoms with Crippen LogP contribution in [0.2, 0.25) is 0 Å². The van der Waals surface area contributed by atoms with E-state index in [1.165, 1.54) is 4.31 Å². The van der Waals surface area contributed by atoms with Gasteiger partial charge >= 0.3 is 0 Å². The molecule has 5 atom stereocenters. The Hall–Kier alpha value is -0.920. The monoisotopic (exact) mass is 311 g/mol. The second kappa shape index (κ2) is 4.54. The van der Waals surface area contributed by atoms with Crippen molar-refractivity contribution < 1.29 is 13.2 Å². The molecule has 0 aromatic carbocycles. The van der Waals surface area contributed by atoms with Crippen LogP contribution < -0.4 is 0 Å². The number of hydrogen-bond donors (Lipinski definition) is 0. The zero-order valence-corrected chi connectivity index (χ0v) is 13.2. The molecule has 3 aliphatic carbocycles. The van der Waals surface area contributed by atoms with Crippen molar-refractivity contribution in [2.45, 2.75) is 43.3 Å². The maximum absolute atomic E-state index is 12.9. The summed E-state index contributed by atoms with van der Waals surface area (Å²) in [5.41, 5.74) is 0.921. The van der Waals surface area contributed by atoms with E-state index in [0.29, 0.717) is 18.6 Å². The molecule has 0 amide bonds. The summed E-state index contributed by atoms with van der Waals surface area (Å²) >= 11 is 0. The van der Waals surface area contributed by atoms with E-state index in [1.807, 2.05) is 13.2 Å². The molecular weight excluding hydrogens is 290 g/mol. The summed E-state index contributed by atoms with van der Waals surface area (Å²) in [4.78, 5) is 0. The van der Waals surface area contributed by atoms with Gasteiger partial charge in [-0.05, 0) is 25.2 Å². The third kappa shape index (κ3) is 2.13. The lowest BCUT2D eigenvalue weighted by Gasteiger charge is -2.40. The van der Waals surface area contributed by atoms with Gasteiger partial charge in [0.15, 0.2) is 0 Å². The summed E-state index contributed by atoms with van der Waals surface area (Å²) in [7, 11) is 0.241. The van der Waals surface area contributed by atoms with E-state index in [-0.39, 0.29) is 17.3 Å². The molecule has 1 aliphatic heterocycles. The zero-order valence-electron chi connectivity index (χ0n) is 12.3. The van der Waals surface area contributed by atoms with Gasteiger partial charge in [0.2, 0.25) is 10.0 Å². The molecule has 0 spiro atoms. The van der Waals surface area contributed by atoms with Crippen molar-refractivity contribution >= 4 is 10.0 Å². The standard InChI is InChI=1S/C14H21N3O3S/c1-16-7-9(6-15-16)8-17(2)21(18,19)12-5-10-3-4-11(12)14-13(10)20-14/h6-7,10-14H,3-5,8H2,1-2H3/t10-,11+,12-,13-,14+/m1/s1. The van der Waals surface area contributed by atoms with Crippen molar-refractivity contribution in [1.82, 2.24) is 14.1 Å². The number of sulfonamides is 1. The smallest absolute Gasteiger partial charge is 0.217 e. The largest absolute Gasteiger partial charge is 0.369 e. The summed E-state index contributed by atoms with van der Waals surface area (Å²) in [5, 5.41) is 3.83. The Kier molecular flexibility index (Phi) is 2.96. The predicted octanol–water partition coefficient (Wildman–Crippen LogP) is 0.748. The van der Waals surface area contributed by atoms with Gasteiger partial charge in [-0.1, -0.05) is 0 Å². The average molecular weight is 311 g/mol. The van der Waals surface area contributed by atoms with Crippen molar-refractivity contribution in [3.8, 4) is 0 Å². The highest BCUT2D eigenvalue weighted by molar-refractivity contribution is 7.89. The van der Waals surface area contributed by atoms with Gasteiger partial charge in [-0.2, -0.15) is 5.10 Å². The number of ether oxygens (including phenoxy) is 1. The molecule has 1 saturated heterocycles. The molecule has 0 N–H and O–H groups in total. The van der Waals surface area contributed by atoms with E-state index in [1.54, 1.807) is 17.9 Å². The van der Waals surface area contributed by atoms with Crippen LogP contribution in [0.5, 0.6) is 0 Å². The lowest BCUT2D eigenvalue weighted by Crippen LogP contribution is -2.49. The molecule has 1 aromatic rings. The number of rotatable bonds is 4. The van der Waals surface area contributed by atoms with E-state index in [4.69, 9.17) is 4.74 Å². The van der Waals surface area contributed by atoms with Crippen LogP contribution in [0.25, 0.3) is 0 Å². The van der Waals surface area contributed by atoms with Crippen molar-refractivity contribution in [3.05, 3.63) is 18.0 Å². The first-order valence-corrected chi connectivity index (χ1v) is 9.05. The van der Waals surface area contributed by atoms with E-state index < -0.39 is 10.0 Å². The van der Waals surface area contributed by atoms with Gasteiger partial charge in [-0.3, -0.25) is 4.68 Å². The van der Waals surface area contributed by atoms with Gasteiger partial charge in [-0.25, -0.2) is 12.7 Å². The van der Waals surface area contributed by atoms with Crippen molar-refractivity contribution in [1.29, 1.82) is 0 Å². The Morgan fingerprint density at radius 3 is 2.90 bits per heavy atom. The molecule has 6 nitrogen and oxygen atoms in total. The van der Waals surface area contributed by atoms with E-state index in [0.717, 1.165) is 24.8 Å². The van der Waals surface area contributed by atoms with Crippen LogP contribution in [0.3, 0.4) is 0 Å². The quantitative estimate of drug-likeness (QED) is 0.770. The van der Waals surface area contributed by atoms with Crippen molar-refractivity contribution in [2.24, 2.45) is 18.9 Å². The minimum absolute atomic E-state index is 0.196. The minimum Gasteiger partial charge on any atom is -0.369 e. The van der Waals surface area contributed by atoms with Crippen LogP contribution in [-0.2, 0) is 28.4 Å². The van der Waals surface area contributed by atoms with Gasteiger partial charge in [0, 0.05) is 38.3 Å². The second-order valence-corrected chi connectivity index (χ2v) is 8.92. The normalized spacial score (nSPS) is 37.8. The fourth-order valence-corrected chi connectivity index (χ4v) is 6.21. The van der Waals surface area contributed by atoms with Crippen LogP contribution in [0.1, 0.15) is 24.8 Å². The molecule has 21 heavy (non-hydrogen) atoms. The Labute approximate surface area is 125 Å². The highest BCUT2D eigenvalue weighted by Crippen LogP contribution is 2.54. The molecule has 0 radical (unpaired) electrons. The molecule has 116 valence electrons.